The highest BCUT2D eigenvalue weighted by Crippen LogP contribution is 2.33. The van der Waals surface area contributed by atoms with Gasteiger partial charge in [0.1, 0.15) is 0 Å². The minimum absolute atomic E-state index is 0.0861. The van der Waals surface area contributed by atoms with E-state index >= 15 is 0 Å². The largest absolute Gasteiger partial charge is 0.469 e. The second-order valence-corrected chi connectivity index (χ2v) is 7.74. The fraction of sp³-hybridized carbons (Fsp3) is 0.450. The van der Waals surface area contributed by atoms with Crippen LogP contribution in [-0.4, -0.2) is 35.2 Å². The van der Waals surface area contributed by atoms with Crippen molar-refractivity contribution in [3.05, 3.63) is 46.9 Å². The molecule has 1 saturated carbocycles. The van der Waals surface area contributed by atoms with Gasteiger partial charge in [-0.15, -0.1) is 0 Å². The monoisotopic (exact) mass is 386 g/mol. The van der Waals surface area contributed by atoms with Gasteiger partial charge < -0.3 is 15.0 Å². The summed E-state index contributed by atoms with van der Waals surface area (Å²) in [5.41, 5.74) is 1.26. The minimum atomic E-state index is -0.0861. The van der Waals surface area contributed by atoms with Crippen molar-refractivity contribution in [3.8, 4) is 5.75 Å². The topological polar surface area (TPSA) is 67.4 Å². The van der Waals surface area contributed by atoms with E-state index in [1.165, 1.54) is 0 Å². The number of hydrogen-bond donors (Lipinski definition) is 1. The van der Waals surface area contributed by atoms with E-state index < -0.39 is 0 Å². The molecule has 2 aromatic heterocycles. The van der Waals surface area contributed by atoms with Crippen molar-refractivity contribution in [1.29, 1.82) is 0 Å². The Morgan fingerprint density at radius 2 is 2.15 bits per heavy atom. The molecule has 27 heavy (non-hydrogen) atoms. The maximum atomic E-state index is 12.5. The quantitative estimate of drug-likeness (QED) is 0.869. The third-order valence-electron chi connectivity index (χ3n) is 5.39. The summed E-state index contributed by atoms with van der Waals surface area (Å²) in [5.74, 6) is 2.31. The smallest absolute Gasteiger partial charge is 0.253 e. The zero-order valence-electron chi connectivity index (χ0n) is 15.3. The van der Waals surface area contributed by atoms with Crippen LogP contribution in [0.1, 0.15) is 41.7 Å². The van der Waals surface area contributed by atoms with Crippen LogP contribution in [0.15, 0.2) is 30.6 Å². The molecule has 0 aromatic carbocycles. The maximum Gasteiger partial charge on any atom is 0.253 e. The van der Waals surface area contributed by atoms with Crippen molar-refractivity contribution < 1.29 is 9.53 Å². The molecule has 0 atom stereocenters. The van der Waals surface area contributed by atoms with E-state index in [1.54, 1.807) is 18.5 Å². The fourth-order valence-corrected chi connectivity index (χ4v) is 4.04. The lowest BCUT2D eigenvalue weighted by Crippen LogP contribution is -2.40. The second-order valence-electron chi connectivity index (χ2n) is 7.30. The predicted molar refractivity (Wildman–Crippen MR) is 104 cm³/mol. The van der Waals surface area contributed by atoms with Gasteiger partial charge in [-0.25, -0.2) is 4.98 Å². The van der Waals surface area contributed by atoms with Crippen LogP contribution in [0.3, 0.4) is 0 Å². The van der Waals surface area contributed by atoms with Gasteiger partial charge in [0, 0.05) is 25.0 Å². The molecule has 7 heteroatoms. The van der Waals surface area contributed by atoms with Crippen LogP contribution in [-0.2, 0) is 0 Å². The number of pyridine rings is 2. The van der Waals surface area contributed by atoms with E-state index in [2.05, 4.69) is 20.2 Å². The number of carbonyl (C=O) groups excluding carboxylic acids is 1. The van der Waals surface area contributed by atoms with Crippen molar-refractivity contribution in [1.82, 2.24) is 15.3 Å². The lowest BCUT2D eigenvalue weighted by Gasteiger charge is -2.31. The number of nitrogens with zero attached hydrogens (tertiary/aromatic N) is 3. The standard InChI is InChI=1S/C20H23ClN4O2/c1-13-17(9-15(21)10-23-13)20(26)24-16-6-4-14(5-7-16)11-25-12-27-18-3-2-8-22-19(18)25/h2-3,8-10,14,16H,4-7,11-12H2,1H3,(H,24,26). The Morgan fingerprint density at radius 3 is 2.96 bits per heavy atom. The predicted octanol–water partition coefficient (Wildman–Crippen LogP) is 3.58. The van der Waals surface area contributed by atoms with E-state index in [-0.39, 0.29) is 11.9 Å². The average molecular weight is 387 g/mol. The van der Waals surface area contributed by atoms with Crippen LogP contribution in [0.2, 0.25) is 5.02 Å². The summed E-state index contributed by atoms with van der Waals surface area (Å²) in [6, 6.07) is 5.74. The molecule has 0 spiro atoms. The normalized spacial score (nSPS) is 21.5. The first kappa shape index (κ1) is 18.0. The van der Waals surface area contributed by atoms with Crippen molar-refractivity contribution >= 4 is 23.3 Å². The summed E-state index contributed by atoms with van der Waals surface area (Å²) in [4.78, 5) is 23.4. The zero-order chi connectivity index (χ0) is 18.8. The number of carbonyl (C=O) groups is 1. The molecular formula is C20H23ClN4O2. The van der Waals surface area contributed by atoms with E-state index in [1.807, 2.05) is 19.1 Å². The first-order chi connectivity index (χ1) is 13.1. The first-order valence-electron chi connectivity index (χ1n) is 9.36. The van der Waals surface area contributed by atoms with Crippen LogP contribution in [0, 0.1) is 12.8 Å². The molecule has 2 aromatic rings. The molecule has 0 saturated heterocycles. The molecule has 1 aliphatic heterocycles. The Hall–Kier alpha value is -2.34. The second kappa shape index (κ2) is 7.72. The van der Waals surface area contributed by atoms with Crippen molar-refractivity contribution in [3.63, 3.8) is 0 Å². The van der Waals surface area contributed by atoms with Crippen LogP contribution in [0.25, 0.3) is 0 Å². The van der Waals surface area contributed by atoms with Crippen LogP contribution >= 0.6 is 11.6 Å². The number of aromatic nitrogens is 2. The summed E-state index contributed by atoms with van der Waals surface area (Å²) in [7, 11) is 0. The molecule has 3 heterocycles. The summed E-state index contributed by atoms with van der Waals surface area (Å²) >= 11 is 5.98. The maximum absolute atomic E-state index is 12.5. The molecule has 1 aliphatic carbocycles. The van der Waals surface area contributed by atoms with Crippen LogP contribution in [0.4, 0.5) is 5.82 Å². The summed E-state index contributed by atoms with van der Waals surface area (Å²) < 4.78 is 5.69. The molecular weight excluding hydrogens is 364 g/mol. The first-order valence-corrected chi connectivity index (χ1v) is 9.73. The SMILES string of the molecule is Cc1ncc(Cl)cc1C(=O)NC1CCC(CN2COc3cccnc32)CC1. The van der Waals surface area contributed by atoms with Crippen molar-refractivity contribution in [2.75, 3.05) is 18.2 Å². The zero-order valence-corrected chi connectivity index (χ0v) is 16.1. The van der Waals surface area contributed by atoms with Gasteiger partial charge in [0.2, 0.25) is 0 Å². The van der Waals surface area contributed by atoms with Crippen LogP contribution < -0.4 is 15.0 Å². The van der Waals surface area contributed by atoms with Gasteiger partial charge in [-0.05, 0) is 56.7 Å². The van der Waals surface area contributed by atoms with Gasteiger partial charge in [-0.1, -0.05) is 11.6 Å². The van der Waals surface area contributed by atoms with Gasteiger partial charge >= 0.3 is 0 Å². The number of halogens is 1. The lowest BCUT2D eigenvalue weighted by atomic mass is 9.85. The number of anilines is 1. The molecule has 6 nitrogen and oxygen atoms in total. The summed E-state index contributed by atoms with van der Waals surface area (Å²) in [5, 5.41) is 3.63. The molecule has 0 unspecified atom stereocenters. The number of amides is 1. The van der Waals surface area contributed by atoms with E-state index in [0.717, 1.165) is 43.8 Å². The number of hydrogen-bond acceptors (Lipinski definition) is 5. The Morgan fingerprint density at radius 1 is 1.33 bits per heavy atom. The molecule has 0 radical (unpaired) electrons. The third-order valence-corrected chi connectivity index (χ3v) is 5.59. The van der Waals surface area contributed by atoms with Gasteiger partial charge in [-0.2, -0.15) is 0 Å². The molecule has 0 bridgehead atoms. The highest BCUT2D eigenvalue weighted by atomic mass is 35.5. The highest BCUT2D eigenvalue weighted by Gasteiger charge is 2.28. The van der Waals surface area contributed by atoms with Gasteiger partial charge in [0.25, 0.3) is 5.91 Å². The Labute approximate surface area is 163 Å². The summed E-state index contributed by atoms with van der Waals surface area (Å²) in [6.45, 7) is 3.35. The van der Waals surface area contributed by atoms with Crippen LogP contribution in [0.5, 0.6) is 5.75 Å². The number of rotatable bonds is 4. The molecule has 1 N–H and O–H groups in total. The highest BCUT2D eigenvalue weighted by molar-refractivity contribution is 6.30. The number of nitrogens with one attached hydrogen (secondary N) is 1. The third kappa shape index (κ3) is 4.00. The fourth-order valence-electron chi connectivity index (χ4n) is 3.88. The Bertz CT molecular complexity index is 836. The molecule has 1 fully saturated rings. The number of aryl methyl sites for hydroxylation is 1. The van der Waals surface area contributed by atoms with Gasteiger partial charge in [0.15, 0.2) is 18.3 Å². The number of fused-ring (bicyclic) bond motifs is 1. The lowest BCUT2D eigenvalue weighted by molar-refractivity contribution is 0.0921. The Balaban J connectivity index is 1.29. The van der Waals surface area contributed by atoms with E-state index in [4.69, 9.17) is 16.3 Å². The Kier molecular flexibility index (Phi) is 5.16. The van der Waals surface area contributed by atoms with Crippen molar-refractivity contribution in [2.45, 2.75) is 38.6 Å². The van der Waals surface area contributed by atoms with Gasteiger partial charge in [-0.3, -0.25) is 9.78 Å². The number of ether oxygens (including phenoxy) is 1. The molecule has 4 rings (SSSR count). The van der Waals surface area contributed by atoms with Crippen molar-refractivity contribution in [2.24, 2.45) is 5.92 Å². The average Bonchev–Trinajstić information content (AvgIpc) is 3.08. The van der Waals surface area contributed by atoms with Gasteiger partial charge in [0.05, 0.1) is 16.3 Å². The van der Waals surface area contributed by atoms with E-state index in [0.29, 0.717) is 28.9 Å². The minimum Gasteiger partial charge on any atom is -0.469 e. The molecule has 2 aliphatic rings. The molecule has 1 amide bonds. The summed E-state index contributed by atoms with van der Waals surface area (Å²) in [6.07, 6.45) is 7.49. The molecule has 142 valence electrons. The van der Waals surface area contributed by atoms with E-state index in [9.17, 15) is 4.79 Å².